The topological polar surface area (TPSA) is 84.7 Å². The largest absolute Gasteiger partial charge is 0.507 e. The van der Waals surface area contributed by atoms with E-state index >= 15 is 0 Å². The first-order chi connectivity index (χ1) is 17.5. The zero-order valence-corrected chi connectivity index (χ0v) is 21.2. The number of likely N-dealkylation sites (tertiary alicyclic amines) is 1. The van der Waals surface area contributed by atoms with E-state index in [1.165, 1.54) is 0 Å². The number of hydrogen-bond donors (Lipinski definition) is 1. The maximum Gasteiger partial charge on any atom is 0.295 e. The van der Waals surface area contributed by atoms with Crippen LogP contribution in [0.4, 0.5) is 0 Å². The zero-order valence-electron chi connectivity index (χ0n) is 19.6. The number of aliphatic hydroxyl groups excluding tert-OH is 1. The van der Waals surface area contributed by atoms with Crippen LogP contribution in [0.15, 0.2) is 89.4 Å². The summed E-state index contributed by atoms with van der Waals surface area (Å²) in [6.45, 7) is 1.02. The quantitative estimate of drug-likeness (QED) is 0.193. The third kappa shape index (κ3) is 4.52. The molecule has 0 radical (unpaired) electrons. The maximum absolute atomic E-state index is 13.3. The molecule has 1 aliphatic rings. The van der Waals surface area contributed by atoms with Crippen LogP contribution < -0.4 is 4.74 Å². The molecule has 0 aliphatic carbocycles. The van der Waals surface area contributed by atoms with Gasteiger partial charge in [0.2, 0.25) is 0 Å². The number of hydrogen-bond acceptors (Lipinski definition) is 5. The lowest BCUT2D eigenvalue weighted by Crippen LogP contribution is -2.31. The number of benzene rings is 3. The van der Waals surface area contributed by atoms with Crippen molar-refractivity contribution >= 4 is 44.2 Å². The minimum Gasteiger partial charge on any atom is -0.507 e. The van der Waals surface area contributed by atoms with Gasteiger partial charge >= 0.3 is 0 Å². The molecule has 0 saturated carbocycles. The molecule has 5 rings (SSSR count). The Morgan fingerprint density at radius 1 is 1.03 bits per heavy atom. The number of carbonyl (C=O) groups is 2. The van der Waals surface area contributed by atoms with Crippen molar-refractivity contribution in [2.45, 2.75) is 19.0 Å². The molecule has 0 bridgehead atoms. The molecule has 8 heteroatoms. The van der Waals surface area contributed by atoms with Gasteiger partial charge in [0.15, 0.2) is 0 Å². The Labute approximate surface area is 216 Å². The van der Waals surface area contributed by atoms with Crippen molar-refractivity contribution in [3.8, 4) is 5.75 Å². The van der Waals surface area contributed by atoms with Crippen LogP contribution in [0.1, 0.15) is 23.6 Å². The van der Waals surface area contributed by atoms with Crippen LogP contribution >= 0.6 is 15.9 Å². The van der Waals surface area contributed by atoms with Crippen molar-refractivity contribution in [3.05, 3.63) is 101 Å². The molecule has 1 N–H and O–H groups in total. The highest BCUT2D eigenvalue weighted by atomic mass is 79.9. The number of aromatic nitrogens is 2. The molecule has 1 amide bonds. The molecule has 1 unspecified atom stereocenters. The number of ketones is 1. The monoisotopic (exact) mass is 545 g/mol. The number of rotatable bonds is 7. The van der Waals surface area contributed by atoms with Gasteiger partial charge in [-0.25, -0.2) is 4.98 Å². The van der Waals surface area contributed by atoms with Crippen molar-refractivity contribution in [1.82, 2.24) is 14.5 Å². The van der Waals surface area contributed by atoms with Crippen LogP contribution in [0.25, 0.3) is 16.5 Å². The van der Waals surface area contributed by atoms with Crippen LogP contribution in [0, 0.1) is 0 Å². The maximum atomic E-state index is 13.3. The molecule has 1 atom stereocenters. The number of nitrogens with zero attached hydrogens (tertiary/aromatic N) is 3. The van der Waals surface area contributed by atoms with Crippen LogP contribution in [-0.4, -0.2) is 44.9 Å². The second-order valence-corrected chi connectivity index (χ2v) is 9.54. The SMILES string of the molecule is COc1ccc2cc(/C(O)=C3\C(=O)C(=O)N(CCCn4ccnc4)C3c3ccc(Br)cc3)ccc2c1. The molecule has 1 saturated heterocycles. The van der Waals surface area contributed by atoms with Crippen LogP contribution in [-0.2, 0) is 16.1 Å². The van der Waals surface area contributed by atoms with E-state index in [2.05, 4.69) is 20.9 Å². The van der Waals surface area contributed by atoms with Crippen molar-refractivity contribution in [2.24, 2.45) is 0 Å². The summed E-state index contributed by atoms with van der Waals surface area (Å²) in [7, 11) is 1.61. The molecule has 1 aliphatic heterocycles. The molecule has 1 aromatic heterocycles. The summed E-state index contributed by atoms with van der Waals surface area (Å²) >= 11 is 3.44. The minimum absolute atomic E-state index is 0.0952. The van der Waals surface area contributed by atoms with Crippen LogP contribution in [0.5, 0.6) is 5.75 Å². The zero-order chi connectivity index (χ0) is 25.2. The molecule has 4 aromatic rings. The molecule has 2 heterocycles. The standard InChI is InChI=1S/C28H24BrN3O4/c1-36-23-10-7-19-15-21(4-3-20(19)16-23)26(33)24-25(18-5-8-22(29)9-6-18)32(28(35)27(24)34)13-2-12-31-14-11-30-17-31/h3-11,14-17,25,33H,2,12-13H2,1H3/b26-24+. The van der Waals surface area contributed by atoms with E-state index in [0.717, 1.165) is 26.6 Å². The first kappa shape index (κ1) is 23.8. The second kappa shape index (κ2) is 9.99. The van der Waals surface area contributed by atoms with Gasteiger partial charge in [0.1, 0.15) is 11.5 Å². The van der Waals surface area contributed by atoms with E-state index in [1.54, 1.807) is 30.6 Å². The van der Waals surface area contributed by atoms with E-state index in [9.17, 15) is 14.7 Å². The summed E-state index contributed by atoms with van der Waals surface area (Å²) in [6.07, 6.45) is 5.91. The Morgan fingerprint density at radius 3 is 2.50 bits per heavy atom. The lowest BCUT2D eigenvalue weighted by molar-refractivity contribution is -0.139. The van der Waals surface area contributed by atoms with Crippen molar-refractivity contribution < 1.29 is 19.4 Å². The molecule has 182 valence electrons. The van der Waals surface area contributed by atoms with Crippen molar-refractivity contribution in [3.63, 3.8) is 0 Å². The summed E-state index contributed by atoms with van der Waals surface area (Å²) in [5, 5.41) is 13.2. The number of imidazole rings is 1. The highest BCUT2D eigenvalue weighted by Gasteiger charge is 2.45. The van der Waals surface area contributed by atoms with Crippen LogP contribution in [0.3, 0.4) is 0 Å². The third-order valence-corrected chi connectivity index (χ3v) is 6.95. The van der Waals surface area contributed by atoms with E-state index in [1.807, 2.05) is 65.4 Å². The van der Waals surface area contributed by atoms with Gasteiger partial charge in [0.25, 0.3) is 11.7 Å². The van der Waals surface area contributed by atoms with Gasteiger partial charge in [-0.1, -0.05) is 46.3 Å². The average molecular weight is 546 g/mol. The number of Topliss-reactive ketones (excluding diaryl/α,β-unsaturated/α-hetero) is 1. The van der Waals surface area contributed by atoms with E-state index in [0.29, 0.717) is 25.1 Å². The van der Waals surface area contributed by atoms with Crippen molar-refractivity contribution in [1.29, 1.82) is 0 Å². The summed E-state index contributed by atoms with van der Waals surface area (Å²) in [4.78, 5) is 32.0. The van der Waals surface area contributed by atoms with Gasteiger partial charge in [-0.15, -0.1) is 0 Å². The number of fused-ring (bicyclic) bond motifs is 1. The molecule has 3 aromatic carbocycles. The number of halogens is 1. The molecular formula is C28H24BrN3O4. The Hall–Kier alpha value is -3.91. The Morgan fingerprint density at radius 2 is 1.78 bits per heavy atom. The minimum atomic E-state index is -0.688. The smallest absolute Gasteiger partial charge is 0.295 e. The highest BCUT2D eigenvalue weighted by Crippen LogP contribution is 2.40. The molecular weight excluding hydrogens is 522 g/mol. The number of aryl methyl sites for hydroxylation is 1. The van der Waals surface area contributed by atoms with Gasteiger partial charge in [-0.05, 0) is 53.1 Å². The number of methoxy groups -OCH3 is 1. The van der Waals surface area contributed by atoms with E-state index in [-0.39, 0.29) is 11.3 Å². The predicted molar refractivity (Wildman–Crippen MR) is 140 cm³/mol. The fraction of sp³-hybridized carbons (Fsp3) is 0.179. The fourth-order valence-electron chi connectivity index (χ4n) is 4.60. The van der Waals surface area contributed by atoms with E-state index < -0.39 is 17.7 Å². The van der Waals surface area contributed by atoms with Gasteiger partial charge < -0.3 is 19.3 Å². The van der Waals surface area contributed by atoms with Gasteiger partial charge in [-0.2, -0.15) is 0 Å². The highest BCUT2D eigenvalue weighted by molar-refractivity contribution is 9.10. The van der Waals surface area contributed by atoms with Crippen molar-refractivity contribution in [2.75, 3.05) is 13.7 Å². The van der Waals surface area contributed by atoms with Gasteiger partial charge in [0.05, 0.1) is 25.1 Å². The van der Waals surface area contributed by atoms with Crippen LogP contribution in [0.2, 0.25) is 0 Å². The number of aliphatic hydroxyl groups is 1. The van der Waals surface area contributed by atoms with Gasteiger partial charge in [0, 0.05) is 35.5 Å². The molecule has 0 spiro atoms. The fourth-order valence-corrected chi connectivity index (χ4v) is 4.86. The Kier molecular flexibility index (Phi) is 6.61. The Balaban J connectivity index is 1.55. The first-order valence-corrected chi connectivity index (χ1v) is 12.3. The number of ether oxygens (including phenoxy) is 1. The molecule has 36 heavy (non-hydrogen) atoms. The summed E-state index contributed by atoms with van der Waals surface area (Å²) in [6, 6.07) is 17.8. The Bertz CT molecular complexity index is 1460. The number of amides is 1. The normalized spacial score (nSPS) is 17.2. The summed E-state index contributed by atoms with van der Waals surface area (Å²) < 4.78 is 8.10. The third-order valence-electron chi connectivity index (χ3n) is 6.42. The lowest BCUT2D eigenvalue weighted by atomic mass is 9.94. The number of carbonyl (C=O) groups excluding carboxylic acids is 2. The van der Waals surface area contributed by atoms with Gasteiger partial charge in [-0.3, -0.25) is 9.59 Å². The average Bonchev–Trinajstić information content (AvgIpc) is 3.50. The van der Waals surface area contributed by atoms with E-state index in [4.69, 9.17) is 4.74 Å². The lowest BCUT2D eigenvalue weighted by Gasteiger charge is -2.25. The first-order valence-electron chi connectivity index (χ1n) is 11.5. The second-order valence-electron chi connectivity index (χ2n) is 8.63. The molecule has 1 fully saturated rings. The summed E-state index contributed by atoms with van der Waals surface area (Å²) in [5.41, 5.74) is 1.33. The summed E-state index contributed by atoms with van der Waals surface area (Å²) in [5.74, 6) is -0.745. The predicted octanol–water partition coefficient (Wildman–Crippen LogP) is 5.32. The molecule has 7 nitrogen and oxygen atoms in total.